The lowest BCUT2D eigenvalue weighted by atomic mass is 10.2. The summed E-state index contributed by atoms with van der Waals surface area (Å²) in [5.74, 6) is 3.61. The van der Waals surface area contributed by atoms with Crippen molar-refractivity contribution in [2.45, 2.75) is 95.1 Å². The van der Waals surface area contributed by atoms with E-state index in [4.69, 9.17) is 56.1 Å². The zero-order valence-corrected chi connectivity index (χ0v) is 66.6. The third-order valence-electron chi connectivity index (χ3n) is 16.2. The molecule has 6 aromatic heterocycles. The number of alkyl carbamates (subject to hydrolysis) is 1. The average molecular weight is 1580 g/mol. The molecule has 0 bridgehead atoms. The van der Waals surface area contributed by atoms with E-state index < -0.39 is 23.3 Å². The second kappa shape index (κ2) is 44.5. The van der Waals surface area contributed by atoms with Crippen molar-refractivity contribution in [3.63, 3.8) is 0 Å². The molecular formula is C69H103N27O11S3. The third-order valence-corrected chi connectivity index (χ3v) is 19.0. The molecule has 38 nitrogen and oxygen atoms in total. The number of hydrogen-bond donors (Lipinski definition) is 9. The number of hydrogen-bond acceptors (Lipinski definition) is 37. The molecule has 0 aromatic carbocycles. The number of nitrogen functional groups attached to an aromatic ring is 3. The summed E-state index contributed by atoms with van der Waals surface area (Å²) in [6.45, 7) is 31.4. The van der Waals surface area contributed by atoms with Gasteiger partial charge in [-0.25, -0.2) is 34.7 Å². The highest BCUT2D eigenvalue weighted by molar-refractivity contribution is 7.99. The zero-order chi connectivity index (χ0) is 79.7. The van der Waals surface area contributed by atoms with E-state index in [1.54, 1.807) is 0 Å². The number of nitrogens with two attached hydrogens (primary N) is 4. The van der Waals surface area contributed by atoms with E-state index in [9.17, 15) is 19.2 Å². The van der Waals surface area contributed by atoms with Crippen LogP contribution in [0.25, 0.3) is 0 Å². The molecule has 9 rings (SSSR count). The van der Waals surface area contributed by atoms with Crippen LogP contribution in [0.2, 0.25) is 0 Å². The number of carbonyl (C=O) groups is 4. The highest BCUT2D eigenvalue weighted by Gasteiger charge is 2.29. The molecule has 0 atom stereocenters. The monoisotopic (exact) mass is 1580 g/mol. The SMILES string of the molecule is C=CC(=O)Nc1cc(N)nc(Sc2c(OC)nc(N3CCN(CCCCN)CC3)nc2OC)n1.C=CC(=O)Nc1cc(N)nc(Sc2c(OC)nc(N3CCN(CCCCNC(=O)OC(C)(C)C)CC3)nc2OC)n1.C=CC(=O)Nc1cc(N)nc(Sc2c(OC)nc(N3CCN(CCCCNC)CC3)nc2OC)n1. The molecule has 0 unspecified atom stereocenters. The second-order valence-electron chi connectivity index (χ2n) is 25.3. The predicted molar refractivity (Wildman–Crippen MR) is 424 cm³/mol. The lowest BCUT2D eigenvalue weighted by Gasteiger charge is -2.35. The first kappa shape index (κ1) is 87.1. The van der Waals surface area contributed by atoms with Gasteiger partial charge in [0, 0.05) is 103 Å². The van der Waals surface area contributed by atoms with Crippen molar-refractivity contribution in [3.8, 4) is 35.3 Å². The number of ether oxygens (including phenoxy) is 7. The summed E-state index contributed by atoms with van der Waals surface area (Å²) in [4.78, 5) is 115. The number of piperazine rings is 3. The van der Waals surface area contributed by atoms with Gasteiger partial charge < -0.3 is 97.4 Å². The highest BCUT2D eigenvalue weighted by Crippen LogP contribution is 2.43. The number of methoxy groups -OCH3 is 6. The Morgan fingerprint density at radius 1 is 0.436 bits per heavy atom. The minimum Gasteiger partial charge on any atom is -0.480 e. The maximum absolute atomic E-state index is 11.8. The first-order valence-corrected chi connectivity index (χ1v) is 37.9. The molecule has 6 aromatic rings. The first-order valence-electron chi connectivity index (χ1n) is 35.5. The normalized spacial score (nSPS) is 13.9. The van der Waals surface area contributed by atoms with Crippen LogP contribution in [0, 0.1) is 0 Å². The Kier molecular flexibility index (Phi) is 35.2. The molecule has 3 saturated heterocycles. The molecule has 41 heteroatoms. The van der Waals surface area contributed by atoms with Crippen molar-refractivity contribution in [2.24, 2.45) is 5.73 Å². The van der Waals surface area contributed by atoms with Gasteiger partial charge in [0.1, 0.15) is 55.2 Å². The van der Waals surface area contributed by atoms with E-state index >= 15 is 0 Å². The maximum atomic E-state index is 11.8. The summed E-state index contributed by atoms with van der Waals surface area (Å²) in [5, 5.41) is 14.5. The summed E-state index contributed by atoms with van der Waals surface area (Å²) >= 11 is 3.38. The summed E-state index contributed by atoms with van der Waals surface area (Å²) < 4.78 is 38.6. The Hall–Kier alpha value is -10.2. The van der Waals surface area contributed by atoms with Crippen molar-refractivity contribution in [3.05, 3.63) is 56.2 Å². The second-order valence-corrected chi connectivity index (χ2v) is 28.2. The van der Waals surface area contributed by atoms with E-state index in [-0.39, 0.29) is 56.5 Å². The van der Waals surface area contributed by atoms with Gasteiger partial charge in [0.15, 0.2) is 15.5 Å². The van der Waals surface area contributed by atoms with E-state index in [1.165, 1.54) is 73.7 Å². The predicted octanol–water partition coefficient (Wildman–Crippen LogP) is 4.83. The minimum atomic E-state index is -0.499. The number of rotatable bonds is 35. The largest absolute Gasteiger partial charge is 0.480 e. The Morgan fingerprint density at radius 3 is 0.973 bits per heavy atom. The summed E-state index contributed by atoms with van der Waals surface area (Å²) in [7, 11) is 11.1. The van der Waals surface area contributed by atoms with Crippen LogP contribution in [0.5, 0.6) is 35.3 Å². The Bertz CT molecular complexity index is 3960. The van der Waals surface area contributed by atoms with Gasteiger partial charge >= 0.3 is 6.09 Å². The van der Waals surface area contributed by atoms with Crippen LogP contribution in [0.3, 0.4) is 0 Å². The molecule has 0 saturated carbocycles. The molecular weight excluding hydrogens is 1480 g/mol. The molecule has 3 aliphatic heterocycles. The maximum Gasteiger partial charge on any atom is 0.407 e. The molecule has 110 heavy (non-hydrogen) atoms. The Morgan fingerprint density at radius 2 is 0.718 bits per heavy atom. The van der Waals surface area contributed by atoms with Crippen LogP contribution in [0.15, 0.2) is 86.3 Å². The van der Waals surface area contributed by atoms with Gasteiger partial charge in [-0.1, -0.05) is 19.7 Å². The summed E-state index contributed by atoms with van der Waals surface area (Å²) in [6, 6.07) is 4.36. The highest BCUT2D eigenvalue weighted by atomic mass is 32.2. The fourth-order valence-electron chi connectivity index (χ4n) is 10.8. The van der Waals surface area contributed by atoms with Gasteiger partial charge in [0.05, 0.1) is 42.7 Å². The molecule has 0 radical (unpaired) electrons. The minimum absolute atomic E-state index is 0.175. The average Bonchev–Trinajstić information content (AvgIpc) is 0.811. The van der Waals surface area contributed by atoms with E-state index in [0.29, 0.717) is 74.4 Å². The van der Waals surface area contributed by atoms with Crippen LogP contribution in [0.4, 0.5) is 57.5 Å². The summed E-state index contributed by atoms with van der Waals surface area (Å²) in [6.07, 6.45) is 9.36. The van der Waals surface area contributed by atoms with Crippen LogP contribution < -0.4 is 92.6 Å². The van der Waals surface area contributed by atoms with Crippen molar-refractivity contribution in [2.75, 3.05) is 215 Å². The Balaban J connectivity index is 0.000000231. The van der Waals surface area contributed by atoms with Gasteiger partial charge in [-0.3, -0.25) is 29.1 Å². The Labute approximate surface area is 653 Å². The molecule has 4 amide bonds. The number of unbranched alkanes of at least 4 members (excludes halogenated alkanes) is 3. The number of nitrogens with zero attached hydrogens (tertiary/aromatic N) is 18. The van der Waals surface area contributed by atoms with Crippen LogP contribution in [0.1, 0.15) is 59.3 Å². The molecule has 0 aliphatic carbocycles. The molecule has 3 aliphatic rings. The van der Waals surface area contributed by atoms with E-state index in [0.717, 1.165) is 190 Å². The topological polar surface area (TPSA) is 471 Å². The molecule has 0 spiro atoms. The smallest absolute Gasteiger partial charge is 0.407 e. The van der Waals surface area contributed by atoms with Gasteiger partial charge in [-0.2, -0.15) is 29.9 Å². The van der Waals surface area contributed by atoms with Gasteiger partial charge in [-0.15, -0.1) is 0 Å². The molecule has 3 fully saturated rings. The van der Waals surface area contributed by atoms with E-state index in [1.807, 2.05) is 27.8 Å². The lowest BCUT2D eigenvalue weighted by Crippen LogP contribution is -2.47. The number of aromatic nitrogens is 12. The molecule has 13 N–H and O–H groups in total. The standard InChI is InChI=1S/C26H39N9O5S.C22H33N9O3S.C21H31N9O3S/c1-7-19(36)30-18-16-17(27)29-24(31-18)41-20-21(38-5)32-23(33-22(20)39-6)35-14-12-34(13-15-35)11-9-8-10-28-25(37)40-26(2,3)4;1-5-17(32)26-16-14-15(23)25-22(27-16)35-18-19(33-3)28-21(29-20(18)34-4)31-12-10-30(11-13-31)9-7-6-8-24-2;1-4-16(31)25-15-13-14(23)24-21(26-15)34-17-18(32-2)27-20(28-19(17)33-3)30-11-9-29(10-12-30)8-6-5-7-22/h7,16H,1,8-15H2,2-6H3,(H,28,37)(H3,27,29,30,31,36);5,14,24H,1,6-13H2,2-4H3,(H3,23,25,26,27,32);4,13H,1,5-12,22H2,2-3H3,(H3,23,24,25,26,31). The van der Waals surface area contributed by atoms with Gasteiger partial charge in [-0.05, 0) is 153 Å². The molecule has 598 valence electrons. The van der Waals surface area contributed by atoms with Crippen LogP contribution in [-0.4, -0.2) is 271 Å². The number of amides is 4. The third kappa shape index (κ3) is 27.7. The van der Waals surface area contributed by atoms with Crippen molar-refractivity contribution >= 4 is 112 Å². The lowest BCUT2D eigenvalue weighted by molar-refractivity contribution is -0.112. The van der Waals surface area contributed by atoms with Crippen molar-refractivity contribution in [1.82, 2.24) is 85.1 Å². The van der Waals surface area contributed by atoms with Crippen molar-refractivity contribution < 1.29 is 52.3 Å². The molecule has 9 heterocycles. The fourth-order valence-corrected chi connectivity index (χ4v) is 13.5. The van der Waals surface area contributed by atoms with Crippen LogP contribution in [-0.2, 0) is 19.1 Å². The van der Waals surface area contributed by atoms with E-state index in [2.05, 4.69) is 136 Å². The quantitative estimate of drug-likeness (QED) is 0.0146. The van der Waals surface area contributed by atoms with Gasteiger partial charge in [0.2, 0.25) is 70.8 Å². The summed E-state index contributed by atoms with van der Waals surface area (Å²) in [5.41, 5.74) is 22.8. The number of nitrogens with one attached hydrogen (secondary N) is 5. The zero-order valence-electron chi connectivity index (χ0n) is 64.1. The van der Waals surface area contributed by atoms with Crippen LogP contribution >= 0.6 is 35.3 Å². The first-order chi connectivity index (χ1) is 52.9. The number of anilines is 9. The number of carbonyl (C=O) groups excluding carboxylic acids is 4. The van der Waals surface area contributed by atoms with Crippen molar-refractivity contribution in [1.29, 1.82) is 0 Å². The van der Waals surface area contributed by atoms with Gasteiger partial charge in [0.25, 0.3) is 0 Å². The fraction of sp³-hybridized carbons (Fsp3) is 0.507.